The molecule has 2 aromatic rings. The highest BCUT2D eigenvalue weighted by Crippen LogP contribution is 2.18. The fraction of sp³-hybridized carbons (Fsp3) is 0.235. The van der Waals surface area contributed by atoms with E-state index >= 15 is 0 Å². The standard InChI is InChI=1S/C17H20N2O3S/c1-23(22)16-10-6-5-9-15(16)19-17(21)18-14(12-20)11-13-7-3-2-4-8-13/h2-10,14,20H,11-12H2,1H3,(H2,18,19,21). The Morgan fingerprint density at radius 1 is 1.13 bits per heavy atom. The van der Waals surface area contributed by atoms with E-state index in [1.807, 2.05) is 30.3 Å². The average Bonchev–Trinajstić information content (AvgIpc) is 2.55. The third-order valence-corrected chi connectivity index (χ3v) is 4.30. The Morgan fingerprint density at radius 2 is 1.78 bits per heavy atom. The van der Waals surface area contributed by atoms with Gasteiger partial charge in [0.05, 0.1) is 34.0 Å². The summed E-state index contributed by atoms with van der Waals surface area (Å²) in [5.74, 6) is 0. The molecule has 5 nitrogen and oxygen atoms in total. The lowest BCUT2D eigenvalue weighted by molar-refractivity contribution is 0.224. The summed E-state index contributed by atoms with van der Waals surface area (Å²) < 4.78 is 11.7. The van der Waals surface area contributed by atoms with Crippen molar-refractivity contribution >= 4 is 22.5 Å². The maximum absolute atomic E-state index is 12.1. The van der Waals surface area contributed by atoms with Crippen molar-refractivity contribution in [1.82, 2.24) is 5.32 Å². The Morgan fingerprint density at radius 3 is 2.43 bits per heavy atom. The molecule has 0 bridgehead atoms. The number of amides is 2. The third-order valence-electron chi connectivity index (χ3n) is 3.33. The van der Waals surface area contributed by atoms with Crippen molar-refractivity contribution in [2.75, 3.05) is 18.2 Å². The molecule has 6 heteroatoms. The van der Waals surface area contributed by atoms with Gasteiger partial charge in [-0.3, -0.25) is 4.21 Å². The first-order valence-corrected chi connectivity index (χ1v) is 8.80. The van der Waals surface area contributed by atoms with Gasteiger partial charge in [0, 0.05) is 6.26 Å². The fourth-order valence-corrected chi connectivity index (χ4v) is 2.92. The van der Waals surface area contributed by atoms with Gasteiger partial charge < -0.3 is 15.7 Å². The van der Waals surface area contributed by atoms with E-state index < -0.39 is 22.9 Å². The number of nitrogens with one attached hydrogen (secondary N) is 2. The summed E-state index contributed by atoms with van der Waals surface area (Å²) in [5, 5.41) is 14.9. The minimum absolute atomic E-state index is 0.163. The molecule has 2 unspecified atom stereocenters. The molecule has 122 valence electrons. The van der Waals surface area contributed by atoms with Crippen LogP contribution in [0.4, 0.5) is 10.5 Å². The zero-order chi connectivity index (χ0) is 16.7. The van der Waals surface area contributed by atoms with Crippen LogP contribution in [0.1, 0.15) is 5.56 Å². The lowest BCUT2D eigenvalue weighted by Gasteiger charge is -2.17. The second-order valence-corrected chi connectivity index (χ2v) is 6.47. The molecule has 3 N–H and O–H groups in total. The molecule has 0 aliphatic heterocycles. The molecular formula is C17H20N2O3S. The van der Waals surface area contributed by atoms with E-state index in [0.29, 0.717) is 17.0 Å². The molecule has 0 radical (unpaired) electrons. The highest BCUT2D eigenvalue weighted by Gasteiger charge is 2.14. The topological polar surface area (TPSA) is 78.4 Å². The minimum Gasteiger partial charge on any atom is -0.394 e. The van der Waals surface area contributed by atoms with Crippen LogP contribution in [0.25, 0.3) is 0 Å². The van der Waals surface area contributed by atoms with Crippen LogP contribution in [0, 0.1) is 0 Å². The molecule has 2 amide bonds. The van der Waals surface area contributed by atoms with Gasteiger partial charge in [0.2, 0.25) is 0 Å². The lowest BCUT2D eigenvalue weighted by atomic mass is 10.1. The molecular weight excluding hydrogens is 312 g/mol. The van der Waals surface area contributed by atoms with E-state index in [0.717, 1.165) is 5.56 Å². The first-order valence-electron chi connectivity index (χ1n) is 7.25. The van der Waals surface area contributed by atoms with Crippen LogP contribution in [0.2, 0.25) is 0 Å². The molecule has 0 heterocycles. The second-order valence-electron chi connectivity index (χ2n) is 5.12. The number of aliphatic hydroxyl groups excluding tert-OH is 1. The van der Waals surface area contributed by atoms with Gasteiger partial charge in [0.15, 0.2) is 0 Å². The van der Waals surface area contributed by atoms with Gasteiger partial charge in [-0.15, -0.1) is 0 Å². The van der Waals surface area contributed by atoms with E-state index in [4.69, 9.17) is 0 Å². The van der Waals surface area contributed by atoms with Gasteiger partial charge in [-0.25, -0.2) is 4.79 Å². The quantitative estimate of drug-likeness (QED) is 0.758. The number of rotatable bonds is 6. The lowest BCUT2D eigenvalue weighted by Crippen LogP contribution is -2.41. The highest BCUT2D eigenvalue weighted by atomic mass is 32.2. The van der Waals surface area contributed by atoms with Crippen LogP contribution < -0.4 is 10.6 Å². The minimum atomic E-state index is -1.19. The van der Waals surface area contributed by atoms with Crippen LogP contribution >= 0.6 is 0 Å². The van der Waals surface area contributed by atoms with E-state index in [2.05, 4.69) is 10.6 Å². The van der Waals surface area contributed by atoms with Crippen LogP contribution in [0.5, 0.6) is 0 Å². The molecule has 0 aromatic heterocycles. The molecule has 2 atom stereocenters. The van der Waals surface area contributed by atoms with Crippen LogP contribution in [-0.2, 0) is 17.2 Å². The fourth-order valence-electron chi connectivity index (χ4n) is 2.22. The molecule has 2 aromatic carbocycles. The van der Waals surface area contributed by atoms with E-state index in [1.54, 1.807) is 30.5 Å². The first-order chi connectivity index (χ1) is 11.1. The van der Waals surface area contributed by atoms with Gasteiger partial charge in [-0.05, 0) is 24.1 Å². The van der Waals surface area contributed by atoms with Gasteiger partial charge in [0.1, 0.15) is 0 Å². The number of carbonyl (C=O) groups excluding carboxylic acids is 1. The van der Waals surface area contributed by atoms with Crippen molar-refractivity contribution in [3.63, 3.8) is 0 Å². The summed E-state index contributed by atoms with van der Waals surface area (Å²) in [6.45, 7) is -0.163. The number of benzene rings is 2. The molecule has 23 heavy (non-hydrogen) atoms. The third kappa shape index (κ3) is 5.19. The Labute approximate surface area is 138 Å². The monoisotopic (exact) mass is 332 g/mol. The number of hydrogen-bond acceptors (Lipinski definition) is 3. The zero-order valence-electron chi connectivity index (χ0n) is 12.9. The largest absolute Gasteiger partial charge is 0.394 e. The summed E-state index contributed by atoms with van der Waals surface area (Å²) in [6, 6.07) is 15.7. The Balaban J connectivity index is 1.99. The zero-order valence-corrected chi connectivity index (χ0v) is 13.7. The number of anilines is 1. The summed E-state index contributed by atoms with van der Waals surface area (Å²) >= 11 is 0. The number of aliphatic hydroxyl groups is 1. The summed E-state index contributed by atoms with van der Waals surface area (Å²) in [5.41, 5.74) is 1.53. The van der Waals surface area contributed by atoms with E-state index in [9.17, 15) is 14.1 Å². The Kier molecular flexibility index (Phi) is 6.31. The number of carbonyl (C=O) groups is 1. The van der Waals surface area contributed by atoms with Crippen LogP contribution in [0.3, 0.4) is 0 Å². The summed E-state index contributed by atoms with van der Waals surface area (Å²) in [4.78, 5) is 12.7. The van der Waals surface area contributed by atoms with Crippen LogP contribution in [-0.4, -0.2) is 34.3 Å². The van der Waals surface area contributed by atoms with Crippen molar-refractivity contribution in [3.8, 4) is 0 Å². The molecule has 0 spiro atoms. The molecule has 0 saturated heterocycles. The van der Waals surface area contributed by atoms with Crippen molar-refractivity contribution in [3.05, 3.63) is 60.2 Å². The maximum atomic E-state index is 12.1. The predicted octanol–water partition coefficient (Wildman–Crippen LogP) is 2.15. The number of para-hydroxylation sites is 1. The molecule has 2 rings (SSSR count). The SMILES string of the molecule is CS(=O)c1ccccc1NC(=O)NC(CO)Cc1ccccc1. The van der Waals surface area contributed by atoms with Crippen molar-refractivity contribution in [2.45, 2.75) is 17.4 Å². The Hall–Kier alpha value is -2.18. The number of hydrogen-bond donors (Lipinski definition) is 3. The normalized spacial score (nSPS) is 13.1. The second kappa shape index (κ2) is 8.45. The van der Waals surface area contributed by atoms with E-state index in [-0.39, 0.29) is 6.61 Å². The first kappa shape index (κ1) is 17.2. The van der Waals surface area contributed by atoms with Gasteiger partial charge in [0.25, 0.3) is 0 Å². The Bertz CT molecular complexity index is 677. The average molecular weight is 332 g/mol. The molecule has 0 aliphatic rings. The smallest absolute Gasteiger partial charge is 0.319 e. The van der Waals surface area contributed by atoms with E-state index in [1.165, 1.54) is 0 Å². The van der Waals surface area contributed by atoms with Crippen molar-refractivity contribution in [1.29, 1.82) is 0 Å². The molecule has 0 fully saturated rings. The highest BCUT2D eigenvalue weighted by molar-refractivity contribution is 7.84. The van der Waals surface area contributed by atoms with Crippen molar-refractivity contribution < 1.29 is 14.1 Å². The molecule has 0 saturated carbocycles. The van der Waals surface area contributed by atoms with Gasteiger partial charge in [-0.1, -0.05) is 42.5 Å². The molecule has 0 aliphatic carbocycles. The summed E-state index contributed by atoms with van der Waals surface area (Å²) in [7, 11) is -1.19. The predicted molar refractivity (Wildman–Crippen MR) is 91.9 cm³/mol. The maximum Gasteiger partial charge on any atom is 0.319 e. The summed E-state index contributed by atoms with van der Waals surface area (Å²) in [6.07, 6.45) is 2.09. The van der Waals surface area contributed by atoms with Gasteiger partial charge in [-0.2, -0.15) is 0 Å². The van der Waals surface area contributed by atoms with Crippen molar-refractivity contribution in [2.24, 2.45) is 0 Å². The van der Waals surface area contributed by atoms with Crippen LogP contribution in [0.15, 0.2) is 59.5 Å². The number of urea groups is 1. The van der Waals surface area contributed by atoms with Gasteiger partial charge >= 0.3 is 6.03 Å².